The first kappa shape index (κ1) is 16.2. The largest absolute Gasteiger partial charge is 0.347 e. The molecular formula is C18H26N6O. The molecule has 1 saturated carbocycles. The van der Waals surface area contributed by atoms with Gasteiger partial charge in [0.05, 0.1) is 18.1 Å². The first-order chi connectivity index (χ1) is 12.3. The minimum Gasteiger partial charge on any atom is -0.347 e. The summed E-state index contributed by atoms with van der Waals surface area (Å²) in [6.07, 6.45) is 15.0. The van der Waals surface area contributed by atoms with Crippen LogP contribution in [-0.2, 0) is 0 Å². The third-order valence-corrected chi connectivity index (χ3v) is 5.50. The molecule has 4 rings (SSSR count). The van der Waals surface area contributed by atoms with Crippen molar-refractivity contribution in [3.8, 4) is 0 Å². The van der Waals surface area contributed by atoms with Crippen molar-refractivity contribution < 1.29 is 4.79 Å². The molecule has 1 aliphatic carbocycles. The maximum atomic E-state index is 13.0. The number of carbonyl (C=O) groups is 1. The highest BCUT2D eigenvalue weighted by atomic mass is 16.2. The van der Waals surface area contributed by atoms with Crippen molar-refractivity contribution in [2.24, 2.45) is 0 Å². The van der Waals surface area contributed by atoms with Gasteiger partial charge in [-0.15, -0.1) is 0 Å². The van der Waals surface area contributed by atoms with Crippen LogP contribution in [0.1, 0.15) is 62.9 Å². The Balaban J connectivity index is 1.47. The summed E-state index contributed by atoms with van der Waals surface area (Å²) in [6, 6.07) is 2.42. The molecule has 25 heavy (non-hydrogen) atoms. The third kappa shape index (κ3) is 3.41. The van der Waals surface area contributed by atoms with Gasteiger partial charge in [-0.05, 0) is 38.2 Å². The molecule has 1 saturated heterocycles. The van der Waals surface area contributed by atoms with Crippen LogP contribution in [0.2, 0.25) is 0 Å². The lowest BCUT2D eigenvalue weighted by Crippen LogP contribution is -2.51. The van der Waals surface area contributed by atoms with Crippen molar-refractivity contribution in [1.29, 1.82) is 0 Å². The lowest BCUT2D eigenvalue weighted by atomic mass is 9.90. The van der Waals surface area contributed by atoms with Crippen molar-refractivity contribution in [1.82, 2.24) is 30.0 Å². The third-order valence-electron chi connectivity index (χ3n) is 5.50. The summed E-state index contributed by atoms with van der Waals surface area (Å²) in [4.78, 5) is 22.5. The predicted octanol–water partition coefficient (Wildman–Crippen LogP) is 3.03. The standard InChI is InChI=1S/C18H26N6O/c25-18(23-12-4-3-8-16(23)17-19-10-11-20-17)22-14-6-1-2-7-15(14)24-13-5-9-21-24/h5,9-11,13-16H,1-4,6-8,12H2,(H,19,20)(H,22,25)/t14-,15-,16-/m1/s1. The minimum absolute atomic E-state index is 0.0326. The van der Waals surface area contributed by atoms with E-state index in [1.54, 1.807) is 6.20 Å². The molecule has 2 aliphatic rings. The molecule has 3 atom stereocenters. The van der Waals surface area contributed by atoms with Crippen LogP contribution in [-0.4, -0.2) is 43.3 Å². The van der Waals surface area contributed by atoms with Gasteiger partial charge in [-0.3, -0.25) is 4.68 Å². The number of amides is 2. The molecule has 0 radical (unpaired) electrons. The minimum atomic E-state index is 0.0326. The van der Waals surface area contributed by atoms with Crippen molar-refractivity contribution in [3.63, 3.8) is 0 Å². The monoisotopic (exact) mass is 342 g/mol. The Bertz CT molecular complexity index is 668. The summed E-state index contributed by atoms with van der Waals surface area (Å²) in [6.45, 7) is 0.788. The molecular weight excluding hydrogens is 316 g/mol. The number of hydrogen-bond acceptors (Lipinski definition) is 3. The smallest absolute Gasteiger partial charge is 0.318 e. The quantitative estimate of drug-likeness (QED) is 0.900. The lowest BCUT2D eigenvalue weighted by Gasteiger charge is -2.38. The topological polar surface area (TPSA) is 78.8 Å². The number of likely N-dealkylation sites (tertiary alicyclic amines) is 1. The van der Waals surface area contributed by atoms with Crippen LogP contribution in [0.25, 0.3) is 0 Å². The van der Waals surface area contributed by atoms with Crippen LogP contribution in [0.5, 0.6) is 0 Å². The van der Waals surface area contributed by atoms with E-state index in [0.717, 1.165) is 50.9 Å². The number of piperidine rings is 1. The summed E-state index contributed by atoms with van der Waals surface area (Å²) in [5, 5.41) is 7.71. The van der Waals surface area contributed by atoms with Crippen LogP contribution >= 0.6 is 0 Å². The molecule has 2 fully saturated rings. The lowest BCUT2D eigenvalue weighted by molar-refractivity contribution is 0.136. The molecule has 0 aromatic carbocycles. The zero-order valence-corrected chi connectivity index (χ0v) is 14.5. The van der Waals surface area contributed by atoms with Crippen LogP contribution < -0.4 is 5.32 Å². The fourth-order valence-electron chi connectivity index (χ4n) is 4.23. The molecule has 1 aliphatic heterocycles. The molecule has 2 amide bonds. The fraction of sp³-hybridized carbons (Fsp3) is 0.611. The normalized spacial score (nSPS) is 27.2. The molecule has 2 N–H and O–H groups in total. The van der Waals surface area contributed by atoms with E-state index in [9.17, 15) is 4.79 Å². The Morgan fingerprint density at radius 2 is 2.04 bits per heavy atom. The second kappa shape index (κ2) is 7.29. The predicted molar refractivity (Wildman–Crippen MR) is 93.9 cm³/mol. The molecule has 0 spiro atoms. The average Bonchev–Trinajstić information content (AvgIpc) is 3.36. The van der Waals surface area contributed by atoms with E-state index in [1.165, 1.54) is 6.42 Å². The second-order valence-electron chi connectivity index (χ2n) is 7.07. The number of nitrogens with zero attached hydrogens (tertiary/aromatic N) is 4. The van der Waals surface area contributed by atoms with E-state index in [-0.39, 0.29) is 24.2 Å². The Hall–Kier alpha value is -2.31. The number of hydrogen-bond donors (Lipinski definition) is 2. The van der Waals surface area contributed by atoms with Gasteiger partial charge in [-0.1, -0.05) is 12.8 Å². The maximum absolute atomic E-state index is 13.0. The van der Waals surface area contributed by atoms with E-state index in [4.69, 9.17) is 0 Å². The molecule has 134 valence electrons. The van der Waals surface area contributed by atoms with Gasteiger partial charge in [0.15, 0.2) is 0 Å². The highest BCUT2D eigenvalue weighted by Gasteiger charge is 2.33. The van der Waals surface area contributed by atoms with Crippen LogP contribution in [0.15, 0.2) is 30.9 Å². The summed E-state index contributed by atoms with van der Waals surface area (Å²) in [5.74, 6) is 0.891. The number of urea groups is 1. The fourth-order valence-corrected chi connectivity index (χ4v) is 4.23. The molecule has 7 heteroatoms. The maximum Gasteiger partial charge on any atom is 0.318 e. The number of rotatable bonds is 3. The van der Waals surface area contributed by atoms with Gasteiger partial charge in [0, 0.05) is 31.3 Å². The van der Waals surface area contributed by atoms with E-state index in [1.807, 2.05) is 34.2 Å². The van der Waals surface area contributed by atoms with Gasteiger partial charge in [0.2, 0.25) is 0 Å². The molecule has 0 unspecified atom stereocenters. The number of imidazole rings is 1. The summed E-state index contributed by atoms with van der Waals surface area (Å²) in [7, 11) is 0. The molecule has 3 heterocycles. The highest BCUT2D eigenvalue weighted by molar-refractivity contribution is 5.75. The van der Waals surface area contributed by atoms with E-state index >= 15 is 0 Å². The highest BCUT2D eigenvalue weighted by Crippen LogP contribution is 2.31. The summed E-state index contributed by atoms with van der Waals surface area (Å²) in [5.41, 5.74) is 0. The molecule has 0 bridgehead atoms. The van der Waals surface area contributed by atoms with Gasteiger partial charge >= 0.3 is 6.03 Å². The first-order valence-corrected chi connectivity index (χ1v) is 9.38. The average molecular weight is 342 g/mol. The van der Waals surface area contributed by atoms with Crippen molar-refractivity contribution in [2.75, 3.05) is 6.54 Å². The number of nitrogens with one attached hydrogen (secondary N) is 2. The molecule has 2 aromatic heterocycles. The number of H-pyrrole nitrogens is 1. The number of carbonyl (C=O) groups excluding carboxylic acids is 1. The molecule has 7 nitrogen and oxygen atoms in total. The summed E-state index contributed by atoms with van der Waals surface area (Å²) >= 11 is 0. The van der Waals surface area contributed by atoms with Gasteiger partial charge < -0.3 is 15.2 Å². The Morgan fingerprint density at radius 1 is 1.16 bits per heavy atom. The van der Waals surface area contributed by atoms with Gasteiger partial charge in [-0.25, -0.2) is 9.78 Å². The van der Waals surface area contributed by atoms with Crippen molar-refractivity contribution in [2.45, 2.75) is 63.1 Å². The Labute approximate surface area is 147 Å². The van der Waals surface area contributed by atoms with E-state index in [0.29, 0.717) is 0 Å². The Kier molecular flexibility index (Phi) is 4.72. The zero-order chi connectivity index (χ0) is 17.1. The van der Waals surface area contributed by atoms with Gasteiger partial charge in [0.25, 0.3) is 0 Å². The second-order valence-corrected chi connectivity index (χ2v) is 7.07. The van der Waals surface area contributed by atoms with Gasteiger partial charge in [-0.2, -0.15) is 5.10 Å². The van der Waals surface area contributed by atoms with Crippen molar-refractivity contribution >= 4 is 6.03 Å². The van der Waals surface area contributed by atoms with Gasteiger partial charge in [0.1, 0.15) is 5.82 Å². The number of aromatic nitrogens is 4. The van der Waals surface area contributed by atoms with Crippen molar-refractivity contribution in [3.05, 3.63) is 36.7 Å². The summed E-state index contributed by atoms with van der Waals surface area (Å²) < 4.78 is 2.00. The van der Waals surface area contributed by atoms with Crippen LogP contribution in [0.4, 0.5) is 4.79 Å². The van der Waals surface area contributed by atoms with E-state index in [2.05, 4.69) is 20.4 Å². The first-order valence-electron chi connectivity index (χ1n) is 9.38. The Morgan fingerprint density at radius 3 is 2.84 bits per heavy atom. The van der Waals surface area contributed by atoms with E-state index < -0.39 is 0 Å². The van der Waals surface area contributed by atoms with Crippen LogP contribution in [0, 0.1) is 0 Å². The SMILES string of the molecule is O=C(N[C@@H]1CCCC[C@H]1n1cccn1)N1CCCC[C@@H]1c1ncc[nH]1. The zero-order valence-electron chi connectivity index (χ0n) is 14.5. The van der Waals surface area contributed by atoms with Crippen LogP contribution in [0.3, 0.4) is 0 Å². The molecule has 2 aromatic rings. The number of aromatic amines is 1.